The maximum Gasteiger partial charge on any atom is 0.0786 e. The molecule has 2 nitrogen and oxygen atoms in total. The standard InChI is InChI=1S/C48H49ClN2S/c1-29(2)33-13-17-35(18-14-33)39-24-26-46(52-38-22-23-41-40-11-9-10-12-44(40)51(32(7)8)45(41)28-38)47(49)48(39)50-43-25-21-37(31(5)6)27-42(43)36-19-15-34(16-20-36)30(3)4/h9-32,50H,1-8H3. The molecule has 1 heterocycles. The van der Waals surface area contributed by atoms with Crippen molar-refractivity contribution in [2.24, 2.45) is 0 Å². The number of anilines is 2. The minimum atomic E-state index is 0.335. The van der Waals surface area contributed by atoms with Gasteiger partial charge in [-0.2, -0.15) is 0 Å². The molecule has 0 unspecified atom stereocenters. The quantitative estimate of drug-likeness (QED) is 0.151. The molecule has 7 aromatic rings. The summed E-state index contributed by atoms with van der Waals surface area (Å²) in [6.07, 6.45) is 0. The zero-order chi connectivity index (χ0) is 36.7. The van der Waals surface area contributed by atoms with Crippen LogP contribution in [0.1, 0.15) is 95.9 Å². The average molecular weight is 721 g/mol. The predicted octanol–water partition coefficient (Wildman–Crippen LogP) is 15.6. The van der Waals surface area contributed by atoms with Crippen LogP contribution in [0.25, 0.3) is 44.1 Å². The third-order valence-electron chi connectivity index (χ3n) is 10.3. The lowest BCUT2D eigenvalue weighted by Gasteiger charge is -2.21. The Balaban J connectivity index is 1.35. The molecule has 0 saturated carbocycles. The topological polar surface area (TPSA) is 17.0 Å². The fraction of sp³-hybridized carbons (Fsp3) is 0.250. The summed E-state index contributed by atoms with van der Waals surface area (Å²) >= 11 is 9.28. The molecule has 1 aromatic heterocycles. The maximum atomic E-state index is 7.56. The molecule has 0 fully saturated rings. The number of hydrogen-bond donors (Lipinski definition) is 1. The fourth-order valence-corrected chi connectivity index (χ4v) is 8.44. The van der Waals surface area contributed by atoms with E-state index in [1.54, 1.807) is 11.8 Å². The highest BCUT2D eigenvalue weighted by molar-refractivity contribution is 7.99. The highest BCUT2D eigenvalue weighted by Crippen LogP contribution is 2.46. The molecule has 0 aliphatic carbocycles. The molecular formula is C48H49ClN2S. The molecule has 0 radical (unpaired) electrons. The highest BCUT2D eigenvalue weighted by Gasteiger charge is 2.19. The Labute approximate surface area is 319 Å². The van der Waals surface area contributed by atoms with Crippen molar-refractivity contribution in [3.8, 4) is 22.3 Å². The van der Waals surface area contributed by atoms with Crippen LogP contribution in [0.15, 0.2) is 131 Å². The van der Waals surface area contributed by atoms with Gasteiger partial charge in [0.1, 0.15) is 0 Å². The minimum absolute atomic E-state index is 0.335. The van der Waals surface area contributed by atoms with E-state index in [-0.39, 0.29) is 0 Å². The molecule has 264 valence electrons. The first kappa shape index (κ1) is 35.9. The number of rotatable bonds is 10. The van der Waals surface area contributed by atoms with E-state index in [9.17, 15) is 0 Å². The van der Waals surface area contributed by atoms with E-state index >= 15 is 0 Å². The molecule has 52 heavy (non-hydrogen) atoms. The average Bonchev–Trinajstić information content (AvgIpc) is 3.47. The number of nitrogens with zero attached hydrogens (tertiary/aromatic N) is 1. The molecular weight excluding hydrogens is 672 g/mol. The lowest BCUT2D eigenvalue weighted by atomic mass is 9.93. The van der Waals surface area contributed by atoms with Gasteiger partial charge in [0.25, 0.3) is 0 Å². The third kappa shape index (κ3) is 7.01. The van der Waals surface area contributed by atoms with Crippen molar-refractivity contribution in [1.82, 2.24) is 4.57 Å². The highest BCUT2D eigenvalue weighted by atomic mass is 35.5. The van der Waals surface area contributed by atoms with E-state index in [0.29, 0.717) is 28.8 Å². The van der Waals surface area contributed by atoms with Crippen molar-refractivity contribution in [1.29, 1.82) is 0 Å². The van der Waals surface area contributed by atoms with E-state index in [4.69, 9.17) is 11.6 Å². The van der Waals surface area contributed by atoms with Crippen molar-refractivity contribution >= 4 is 56.5 Å². The van der Waals surface area contributed by atoms with E-state index in [1.165, 1.54) is 49.6 Å². The third-order valence-corrected chi connectivity index (χ3v) is 11.8. The zero-order valence-corrected chi connectivity index (χ0v) is 33.2. The summed E-state index contributed by atoms with van der Waals surface area (Å²) in [6.45, 7) is 18.0. The monoisotopic (exact) mass is 720 g/mol. The Hall–Kier alpha value is -4.44. The van der Waals surface area contributed by atoms with Gasteiger partial charge in [0.2, 0.25) is 0 Å². The number of aromatic nitrogens is 1. The zero-order valence-electron chi connectivity index (χ0n) is 31.6. The van der Waals surface area contributed by atoms with Crippen molar-refractivity contribution in [3.05, 3.63) is 143 Å². The first-order valence-electron chi connectivity index (χ1n) is 18.6. The van der Waals surface area contributed by atoms with Gasteiger partial charge in [-0.05, 0) is 95.8 Å². The van der Waals surface area contributed by atoms with Crippen LogP contribution in [0.5, 0.6) is 0 Å². The van der Waals surface area contributed by atoms with Crippen LogP contribution < -0.4 is 5.32 Å². The van der Waals surface area contributed by atoms with Gasteiger partial charge in [0.15, 0.2) is 0 Å². The molecule has 0 aliphatic heterocycles. The molecule has 4 heteroatoms. The van der Waals surface area contributed by atoms with E-state index in [2.05, 4.69) is 187 Å². The van der Waals surface area contributed by atoms with Gasteiger partial charge < -0.3 is 9.88 Å². The number of para-hydroxylation sites is 1. The second-order valence-electron chi connectivity index (χ2n) is 15.2. The Bertz CT molecular complexity index is 2360. The number of nitrogens with one attached hydrogen (secondary N) is 1. The van der Waals surface area contributed by atoms with Gasteiger partial charge in [-0.25, -0.2) is 0 Å². The summed E-state index contributed by atoms with van der Waals surface area (Å²) in [7, 11) is 0. The maximum absolute atomic E-state index is 7.56. The van der Waals surface area contributed by atoms with Crippen LogP contribution in [-0.4, -0.2) is 4.57 Å². The SMILES string of the molecule is CC(C)c1ccc(-c2cc(C(C)C)ccc2Nc2c(-c3ccc(C(C)C)cc3)ccc(Sc3ccc4c5ccccc5n(C(C)C)c4c3)c2Cl)cc1. The summed E-state index contributed by atoms with van der Waals surface area (Å²) in [5.41, 5.74) is 13.0. The number of fused-ring (bicyclic) bond motifs is 3. The van der Waals surface area contributed by atoms with E-state index in [1.807, 2.05) is 0 Å². The van der Waals surface area contributed by atoms with Gasteiger partial charge in [-0.15, -0.1) is 0 Å². The lowest BCUT2D eigenvalue weighted by molar-refractivity contribution is 0.642. The molecule has 0 bridgehead atoms. The van der Waals surface area contributed by atoms with Crippen LogP contribution >= 0.6 is 23.4 Å². The van der Waals surface area contributed by atoms with Crippen LogP contribution in [0.4, 0.5) is 11.4 Å². The Kier molecular flexibility index (Phi) is 10.3. The van der Waals surface area contributed by atoms with Crippen molar-refractivity contribution < 1.29 is 0 Å². The second kappa shape index (κ2) is 14.9. The molecule has 0 aliphatic rings. The summed E-state index contributed by atoms with van der Waals surface area (Å²) in [6, 6.07) is 45.0. The smallest absolute Gasteiger partial charge is 0.0786 e. The number of hydrogen-bond acceptors (Lipinski definition) is 2. The van der Waals surface area contributed by atoms with E-state index in [0.717, 1.165) is 32.3 Å². The van der Waals surface area contributed by atoms with Crippen LogP contribution in [0.3, 0.4) is 0 Å². The van der Waals surface area contributed by atoms with E-state index < -0.39 is 0 Å². The number of halogens is 1. The lowest BCUT2D eigenvalue weighted by Crippen LogP contribution is -2.00. The summed E-state index contributed by atoms with van der Waals surface area (Å²) in [5, 5.41) is 7.18. The predicted molar refractivity (Wildman–Crippen MR) is 228 cm³/mol. The van der Waals surface area contributed by atoms with Crippen molar-refractivity contribution in [3.63, 3.8) is 0 Å². The first-order chi connectivity index (χ1) is 25.0. The van der Waals surface area contributed by atoms with Gasteiger partial charge >= 0.3 is 0 Å². The van der Waals surface area contributed by atoms with Gasteiger partial charge in [0, 0.05) is 48.9 Å². The van der Waals surface area contributed by atoms with Crippen molar-refractivity contribution in [2.75, 3.05) is 5.32 Å². The van der Waals surface area contributed by atoms with Crippen LogP contribution in [0.2, 0.25) is 5.02 Å². The molecule has 0 saturated heterocycles. The summed E-state index contributed by atoms with van der Waals surface area (Å²) < 4.78 is 2.45. The summed E-state index contributed by atoms with van der Waals surface area (Å²) in [4.78, 5) is 2.17. The molecule has 1 N–H and O–H groups in total. The Morgan fingerprint density at radius 1 is 0.538 bits per heavy atom. The van der Waals surface area contributed by atoms with Crippen LogP contribution in [0, 0.1) is 0 Å². The van der Waals surface area contributed by atoms with Gasteiger partial charge in [-0.3, -0.25) is 0 Å². The van der Waals surface area contributed by atoms with Gasteiger partial charge in [-0.1, -0.05) is 150 Å². The molecule has 6 aromatic carbocycles. The minimum Gasteiger partial charge on any atom is -0.353 e. The Morgan fingerprint density at radius 3 is 1.73 bits per heavy atom. The molecule has 7 rings (SSSR count). The second-order valence-corrected chi connectivity index (χ2v) is 16.7. The first-order valence-corrected chi connectivity index (χ1v) is 19.8. The molecule has 0 amide bonds. The number of benzene rings is 6. The molecule has 0 atom stereocenters. The Morgan fingerprint density at radius 2 is 1.12 bits per heavy atom. The van der Waals surface area contributed by atoms with Crippen LogP contribution in [-0.2, 0) is 0 Å². The van der Waals surface area contributed by atoms with Crippen molar-refractivity contribution in [2.45, 2.75) is 89.0 Å². The normalized spacial score (nSPS) is 11.9. The van der Waals surface area contributed by atoms with Gasteiger partial charge in [0.05, 0.1) is 16.2 Å². The summed E-state index contributed by atoms with van der Waals surface area (Å²) in [5.74, 6) is 1.35. The molecule has 0 spiro atoms. The fourth-order valence-electron chi connectivity index (χ4n) is 7.22. The largest absolute Gasteiger partial charge is 0.353 e.